The predicted molar refractivity (Wildman–Crippen MR) is 59.7 cm³/mol. The molecule has 1 saturated heterocycles. The van der Waals surface area contributed by atoms with Crippen molar-refractivity contribution in [3.8, 4) is 5.75 Å². The summed E-state index contributed by atoms with van der Waals surface area (Å²) in [5.74, 6) is 0.557. The Labute approximate surface area is 93.6 Å². The molecule has 2 rings (SSSR count). The zero-order valence-electron chi connectivity index (χ0n) is 9.32. The summed E-state index contributed by atoms with van der Waals surface area (Å²) in [7, 11) is 0. The molecule has 1 N–H and O–H groups in total. The largest absolute Gasteiger partial charge is 0.485 e. The number of nitrogens with zero attached hydrogens (tertiary/aromatic N) is 1. The highest BCUT2D eigenvalue weighted by Gasteiger charge is 2.34. The number of nitrogens with one attached hydrogen (secondary N) is 1. The van der Waals surface area contributed by atoms with E-state index in [2.05, 4.69) is 5.32 Å². The first kappa shape index (κ1) is 10.9. The summed E-state index contributed by atoms with van der Waals surface area (Å²) >= 11 is 0. The first-order valence-electron chi connectivity index (χ1n) is 5.15. The van der Waals surface area contributed by atoms with Crippen molar-refractivity contribution in [3.05, 3.63) is 33.9 Å². The number of ether oxygens (including phenoxy) is 1. The van der Waals surface area contributed by atoms with Crippen LogP contribution in [0.2, 0.25) is 0 Å². The van der Waals surface area contributed by atoms with E-state index >= 15 is 0 Å². The summed E-state index contributed by atoms with van der Waals surface area (Å²) in [5.41, 5.74) is 0.519. The first-order chi connectivity index (χ1) is 7.50. The average Bonchev–Trinajstić information content (AvgIpc) is 2.18. The highest BCUT2D eigenvalue weighted by molar-refractivity contribution is 5.45. The minimum Gasteiger partial charge on any atom is -0.485 e. The maximum absolute atomic E-state index is 10.8. The van der Waals surface area contributed by atoms with Crippen molar-refractivity contribution in [2.45, 2.75) is 19.4 Å². The van der Waals surface area contributed by atoms with Crippen molar-refractivity contribution in [2.75, 3.05) is 13.1 Å². The molecule has 1 aromatic rings. The molecule has 0 amide bonds. The predicted octanol–water partition coefficient (Wildman–Crippen LogP) is 1.64. The zero-order valence-corrected chi connectivity index (χ0v) is 9.32. The van der Waals surface area contributed by atoms with Crippen molar-refractivity contribution in [1.82, 2.24) is 5.32 Å². The standard InChI is InChI=1S/C11H14N2O3/c1-8-3-4-9(5-10(8)13(14)15)16-11(2)6-12-7-11/h3-5,12H,6-7H2,1-2H3. The Hall–Kier alpha value is -1.62. The van der Waals surface area contributed by atoms with Crippen LogP contribution in [0.1, 0.15) is 12.5 Å². The fourth-order valence-corrected chi connectivity index (χ4v) is 1.68. The van der Waals surface area contributed by atoms with E-state index < -0.39 is 0 Å². The van der Waals surface area contributed by atoms with Gasteiger partial charge in [-0.05, 0) is 26.0 Å². The topological polar surface area (TPSA) is 64.4 Å². The summed E-state index contributed by atoms with van der Waals surface area (Å²) in [5, 5.41) is 13.9. The fourth-order valence-electron chi connectivity index (χ4n) is 1.68. The number of rotatable bonds is 3. The SMILES string of the molecule is Cc1ccc(OC2(C)CNC2)cc1[N+](=O)[O-]. The molecule has 5 heteroatoms. The van der Waals surface area contributed by atoms with E-state index in [1.165, 1.54) is 6.07 Å². The lowest BCUT2D eigenvalue weighted by Gasteiger charge is -2.39. The second-order valence-corrected chi connectivity index (χ2v) is 4.36. The third kappa shape index (κ3) is 1.99. The molecule has 86 valence electrons. The van der Waals surface area contributed by atoms with E-state index in [9.17, 15) is 10.1 Å². The van der Waals surface area contributed by atoms with E-state index in [-0.39, 0.29) is 16.2 Å². The number of nitro groups is 1. The number of nitro benzene ring substituents is 1. The van der Waals surface area contributed by atoms with Crippen molar-refractivity contribution >= 4 is 5.69 Å². The average molecular weight is 222 g/mol. The molecule has 0 aromatic heterocycles. The van der Waals surface area contributed by atoms with Gasteiger partial charge in [0.05, 0.1) is 11.0 Å². The maximum atomic E-state index is 10.8. The van der Waals surface area contributed by atoms with Gasteiger partial charge in [0.15, 0.2) is 0 Å². The van der Waals surface area contributed by atoms with Crippen LogP contribution in [-0.2, 0) is 0 Å². The van der Waals surface area contributed by atoms with Gasteiger partial charge in [0.1, 0.15) is 11.4 Å². The number of hydrogen-bond donors (Lipinski definition) is 1. The van der Waals surface area contributed by atoms with Gasteiger partial charge < -0.3 is 10.1 Å². The summed E-state index contributed by atoms with van der Waals surface area (Å²) < 4.78 is 5.72. The van der Waals surface area contributed by atoms with Crippen LogP contribution in [0.3, 0.4) is 0 Å². The van der Waals surface area contributed by atoms with E-state index in [1.54, 1.807) is 19.1 Å². The Balaban J connectivity index is 2.22. The number of aryl methyl sites for hydroxylation is 1. The molecule has 0 aliphatic carbocycles. The van der Waals surface area contributed by atoms with Crippen LogP contribution in [0, 0.1) is 17.0 Å². The molecule has 0 spiro atoms. The van der Waals surface area contributed by atoms with Gasteiger partial charge >= 0.3 is 0 Å². The molecule has 1 heterocycles. The second kappa shape index (κ2) is 3.75. The summed E-state index contributed by atoms with van der Waals surface area (Å²) in [6, 6.07) is 4.97. The van der Waals surface area contributed by atoms with Gasteiger partial charge in [-0.1, -0.05) is 0 Å². The van der Waals surface area contributed by atoms with Crippen molar-refractivity contribution in [2.24, 2.45) is 0 Å². The Morgan fingerprint density at radius 2 is 2.19 bits per heavy atom. The third-order valence-corrected chi connectivity index (χ3v) is 2.74. The van der Waals surface area contributed by atoms with Crippen LogP contribution in [0.5, 0.6) is 5.75 Å². The maximum Gasteiger partial charge on any atom is 0.276 e. The highest BCUT2D eigenvalue weighted by atomic mass is 16.6. The van der Waals surface area contributed by atoms with Gasteiger partial charge in [-0.25, -0.2) is 0 Å². The zero-order chi connectivity index (χ0) is 11.8. The van der Waals surface area contributed by atoms with Gasteiger partial charge in [0.25, 0.3) is 5.69 Å². The molecule has 1 aromatic carbocycles. The molecule has 1 aliphatic rings. The fraction of sp³-hybridized carbons (Fsp3) is 0.455. The van der Waals surface area contributed by atoms with E-state index in [4.69, 9.17) is 4.74 Å². The molecular formula is C11H14N2O3. The molecule has 0 bridgehead atoms. The van der Waals surface area contributed by atoms with Crippen LogP contribution in [-0.4, -0.2) is 23.6 Å². The number of hydrogen-bond acceptors (Lipinski definition) is 4. The van der Waals surface area contributed by atoms with E-state index in [0.717, 1.165) is 13.1 Å². The molecule has 1 fully saturated rings. The monoisotopic (exact) mass is 222 g/mol. The Morgan fingerprint density at radius 3 is 2.69 bits per heavy atom. The van der Waals surface area contributed by atoms with Crippen LogP contribution in [0.25, 0.3) is 0 Å². The smallest absolute Gasteiger partial charge is 0.276 e. The normalized spacial score (nSPS) is 17.6. The minimum absolute atomic E-state index is 0.105. The molecule has 1 aliphatic heterocycles. The van der Waals surface area contributed by atoms with Crippen molar-refractivity contribution in [1.29, 1.82) is 0 Å². The Bertz CT molecular complexity index is 427. The van der Waals surface area contributed by atoms with Gasteiger partial charge in [-0.3, -0.25) is 10.1 Å². The molecule has 5 nitrogen and oxygen atoms in total. The van der Waals surface area contributed by atoms with Gasteiger partial charge in [-0.2, -0.15) is 0 Å². The molecule has 0 unspecified atom stereocenters. The van der Waals surface area contributed by atoms with Gasteiger partial charge in [0, 0.05) is 18.7 Å². The van der Waals surface area contributed by atoms with Crippen LogP contribution < -0.4 is 10.1 Å². The van der Waals surface area contributed by atoms with Crippen molar-refractivity contribution < 1.29 is 9.66 Å². The molecule has 16 heavy (non-hydrogen) atoms. The van der Waals surface area contributed by atoms with Crippen LogP contribution in [0.15, 0.2) is 18.2 Å². The Kier molecular flexibility index (Phi) is 2.55. The van der Waals surface area contributed by atoms with E-state index in [0.29, 0.717) is 11.3 Å². The second-order valence-electron chi connectivity index (χ2n) is 4.36. The molecule has 0 saturated carbocycles. The molecular weight excluding hydrogens is 208 g/mol. The van der Waals surface area contributed by atoms with Gasteiger partial charge in [0.2, 0.25) is 0 Å². The van der Waals surface area contributed by atoms with Crippen LogP contribution >= 0.6 is 0 Å². The Morgan fingerprint density at radius 1 is 1.50 bits per heavy atom. The van der Waals surface area contributed by atoms with Crippen LogP contribution in [0.4, 0.5) is 5.69 Å². The quantitative estimate of drug-likeness (QED) is 0.623. The third-order valence-electron chi connectivity index (χ3n) is 2.74. The van der Waals surface area contributed by atoms with Gasteiger partial charge in [-0.15, -0.1) is 0 Å². The molecule has 0 atom stereocenters. The van der Waals surface area contributed by atoms with E-state index in [1.807, 2.05) is 6.92 Å². The minimum atomic E-state index is -0.385. The first-order valence-corrected chi connectivity index (χ1v) is 5.15. The summed E-state index contributed by atoms with van der Waals surface area (Å²) in [6.07, 6.45) is 0. The highest BCUT2D eigenvalue weighted by Crippen LogP contribution is 2.27. The lowest BCUT2D eigenvalue weighted by molar-refractivity contribution is -0.385. The molecule has 0 radical (unpaired) electrons. The lowest BCUT2D eigenvalue weighted by Crippen LogP contribution is -2.61. The number of benzene rings is 1. The lowest BCUT2D eigenvalue weighted by atomic mass is 10.00. The van der Waals surface area contributed by atoms with Crippen molar-refractivity contribution in [3.63, 3.8) is 0 Å². The summed E-state index contributed by atoms with van der Waals surface area (Å²) in [4.78, 5) is 10.4. The summed E-state index contributed by atoms with van der Waals surface area (Å²) in [6.45, 7) is 5.24.